The number of rotatable bonds is 4. The van der Waals surface area contributed by atoms with Gasteiger partial charge in [0.05, 0.1) is 0 Å². The summed E-state index contributed by atoms with van der Waals surface area (Å²) in [5, 5.41) is 3.89. The van der Waals surface area contributed by atoms with Crippen LogP contribution >= 0.6 is 0 Å². The molecule has 2 unspecified atom stereocenters. The van der Waals surface area contributed by atoms with Gasteiger partial charge in [0.15, 0.2) is 0 Å². The third-order valence-corrected chi connectivity index (χ3v) is 5.49. The molecule has 18 heavy (non-hydrogen) atoms. The highest BCUT2D eigenvalue weighted by molar-refractivity contribution is 4.81. The summed E-state index contributed by atoms with van der Waals surface area (Å²) in [5.74, 6) is 3.81. The van der Waals surface area contributed by atoms with Gasteiger partial charge < -0.3 is 5.32 Å². The highest BCUT2D eigenvalue weighted by Crippen LogP contribution is 2.31. The quantitative estimate of drug-likeness (QED) is 0.769. The van der Waals surface area contributed by atoms with Crippen LogP contribution < -0.4 is 5.32 Å². The topological polar surface area (TPSA) is 12.0 Å². The van der Waals surface area contributed by atoms with E-state index in [-0.39, 0.29) is 0 Å². The van der Waals surface area contributed by atoms with Gasteiger partial charge in [0.25, 0.3) is 0 Å². The Morgan fingerprint density at radius 3 is 2.39 bits per heavy atom. The van der Waals surface area contributed by atoms with Crippen molar-refractivity contribution in [1.29, 1.82) is 0 Å². The van der Waals surface area contributed by atoms with Gasteiger partial charge in [-0.05, 0) is 55.9 Å². The average molecular weight is 251 g/mol. The van der Waals surface area contributed by atoms with E-state index in [4.69, 9.17) is 0 Å². The summed E-state index contributed by atoms with van der Waals surface area (Å²) >= 11 is 0. The first-order valence-corrected chi connectivity index (χ1v) is 8.38. The molecule has 0 aliphatic heterocycles. The van der Waals surface area contributed by atoms with Crippen molar-refractivity contribution in [3.8, 4) is 0 Å². The van der Waals surface area contributed by atoms with Crippen LogP contribution in [0.2, 0.25) is 0 Å². The van der Waals surface area contributed by atoms with Crippen LogP contribution in [0, 0.1) is 23.7 Å². The molecular formula is C17H33N. The van der Waals surface area contributed by atoms with Crippen LogP contribution in [-0.2, 0) is 0 Å². The molecule has 0 radical (unpaired) electrons. The van der Waals surface area contributed by atoms with E-state index in [1.807, 2.05) is 0 Å². The molecule has 0 bridgehead atoms. The molecule has 106 valence electrons. The Labute approximate surface area is 114 Å². The maximum Gasteiger partial charge on any atom is 0.00699 e. The molecule has 0 saturated heterocycles. The maximum atomic E-state index is 3.89. The van der Waals surface area contributed by atoms with Gasteiger partial charge in [-0.2, -0.15) is 0 Å². The van der Waals surface area contributed by atoms with Gasteiger partial charge in [-0.1, -0.05) is 46.5 Å². The lowest BCUT2D eigenvalue weighted by Crippen LogP contribution is -2.38. The lowest BCUT2D eigenvalue weighted by molar-refractivity contribution is 0.213. The molecule has 2 fully saturated rings. The van der Waals surface area contributed by atoms with Gasteiger partial charge in [0.1, 0.15) is 0 Å². The van der Waals surface area contributed by atoms with Gasteiger partial charge >= 0.3 is 0 Å². The molecule has 0 amide bonds. The standard InChI is InChI=1S/C17H33N/c1-13(2)16-5-4-6-17(11-16)18-12-15-9-7-14(3)8-10-15/h13-18H,4-12H2,1-3H3. The van der Waals surface area contributed by atoms with Gasteiger partial charge in [0, 0.05) is 6.04 Å². The predicted molar refractivity (Wildman–Crippen MR) is 79.7 cm³/mol. The second-order valence-corrected chi connectivity index (χ2v) is 7.40. The van der Waals surface area contributed by atoms with E-state index in [0.29, 0.717) is 0 Å². The second-order valence-electron chi connectivity index (χ2n) is 7.40. The fourth-order valence-corrected chi connectivity index (χ4v) is 3.89. The first kappa shape index (κ1) is 14.4. The first-order chi connectivity index (χ1) is 8.65. The second kappa shape index (κ2) is 6.93. The van der Waals surface area contributed by atoms with Crippen LogP contribution in [0.15, 0.2) is 0 Å². The summed E-state index contributed by atoms with van der Waals surface area (Å²) in [6.45, 7) is 8.51. The van der Waals surface area contributed by atoms with Crippen molar-refractivity contribution < 1.29 is 0 Å². The molecule has 2 atom stereocenters. The molecule has 0 aromatic carbocycles. The Kier molecular flexibility index (Phi) is 5.54. The fraction of sp³-hybridized carbons (Fsp3) is 1.00. The highest BCUT2D eigenvalue weighted by Gasteiger charge is 2.25. The molecule has 0 aromatic rings. The molecule has 2 aliphatic rings. The summed E-state index contributed by atoms with van der Waals surface area (Å²) in [4.78, 5) is 0. The summed E-state index contributed by atoms with van der Waals surface area (Å²) in [6.07, 6.45) is 11.6. The summed E-state index contributed by atoms with van der Waals surface area (Å²) in [6, 6.07) is 0.825. The molecule has 0 spiro atoms. The van der Waals surface area contributed by atoms with Crippen LogP contribution in [0.3, 0.4) is 0 Å². The molecule has 0 heterocycles. The minimum absolute atomic E-state index is 0.825. The average Bonchev–Trinajstić information content (AvgIpc) is 2.38. The summed E-state index contributed by atoms with van der Waals surface area (Å²) < 4.78 is 0. The smallest absolute Gasteiger partial charge is 0.00699 e. The van der Waals surface area contributed by atoms with Crippen LogP contribution in [-0.4, -0.2) is 12.6 Å². The van der Waals surface area contributed by atoms with E-state index in [2.05, 4.69) is 26.1 Å². The third kappa shape index (κ3) is 4.26. The molecule has 1 heteroatoms. The predicted octanol–water partition coefficient (Wildman–Crippen LogP) is 4.62. The molecular weight excluding hydrogens is 218 g/mol. The molecule has 2 aliphatic carbocycles. The fourth-order valence-electron chi connectivity index (χ4n) is 3.89. The Morgan fingerprint density at radius 2 is 1.72 bits per heavy atom. The van der Waals surface area contributed by atoms with Gasteiger partial charge in [0.2, 0.25) is 0 Å². The van der Waals surface area contributed by atoms with Crippen molar-refractivity contribution in [2.45, 2.75) is 78.2 Å². The van der Waals surface area contributed by atoms with Crippen molar-refractivity contribution >= 4 is 0 Å². The van der Waals surface area contributed by atoms with E-state index in [0.717, 1.165) is 29.7 Å². The van der Waals surface area contributed by atoms with Gasteiger partial charge in [-0.15, -0.1) is 0 Å². The van der Waals surface area contributed by atoms with E-state index in [9.17, 15) is 0 Å². The Balaban J connectivity index is 1.67. The minimum Gasteiger partial charge on any atom is -0.314 e. The van der Waals surface area contributed by atoms with Crippen LogP contribution in [0.1, 0.15) is 72.1 Å². The molecule has 1 nitrogen and oxygen atoms in total. The minimum atomic E-state index is 0.825. The van der Waals surface area contributed by atoms with Crippen molar-refractivity contribution in [2.24, 2.45) is 23.7 Å². The van der Waals surface area contributed by atoms with Crippen molar-refractivity contribution in [3.63, 3.8) is 0 Å². The molecule has 2 rings (SSSR count). The SMILES string of the molecule is CC1CCC(CNC2CCCC(C(C)C)C2)CC1. The van der Waals surface area contributed by atoms with Gasteiger partial charge in [-0.25, -0.2) is 0 Å². The number of nitrogens with one attached hydrogen (secondary N) is 1. The maximum absolute atomic E-state index is 3.89. The normalized spacial score (nSPS) is 38.0. The summed E-state index contributed by atoms with van der Waals surface area (Å²) in [5.41, 5.74) is 0. The first-order valence-electron chi connectivity index (χ1n) is 8.38. The third-order valence-electron chi connectivity index (χ3n) is 5.49. The Bertz CT molecular complexity index is 228. The number of hydrogen-bond donors (Lipinski definition) is 1. The highest BCUT2D eigenvalue weighted by atomic mass is 14.9. The monoisotopic (exact) mass is 251 g/mol. The molecule has 0 aromatic heterocycles. The lowest BCUT2D eigenvalue weighted by Gasteiger charge is -2.34. The van der Waals surface area contributed by atoms with Crippen LogP contribution in [0.5, 0.6) is 0 Å². The van der Waals surface area contributed by atoms with E-state index >= 15 is 0 Å². The van der Waals surface area contributed by atoms with Crippen molar-refractivity contribution in [1.82, 2.24) is 5.32 Å². The summed E-state index contributed by atoms with van der Waals surface area (Å²) in [7, 11) is 0. The Morgan fingerprint density at radius 1 is 1.00 bits per heavy atom. The molecule has 1 N–H and O–H groups in total. The van der Waals surface area contributed by atoms with Gasteiger partial charge in [-0.3, -0.25) is 0 Å². The van der Waals surface area contributed by atoms with E-state index in [1.54, 1.807) is 0 Å². The zero-order valence-corrected chi connectivity index (χ0v) is 12.8. The zero-order valence-electron chi connectivity index (χ0n) is 12.8. The van der Waals surface area contributed by atoms with Crippen LogP contribution in [0.25, 0.3) is 0 Å². The number of hydrogen-bond acceptors (Lipinski definition) is 1. The largest absolute Gasteiger partial charge is 0.314 e. The van der Waals surface area contributed by atoms with Crippen molar-refractivity contribution in [2.75, 3.05) is 6.54 Å². The van der Waals surface area contributed by atoms with E-state index < -0.39 is 0 Å². The van der Waals surface area contributed by atoms with Crippen LogP contribution in [0.4, 0.5) is 0 Å². The van der Waals surface area contributed by atoms with Crippen molar-refractivity contribution in [3.05, 3.63) is 0 Å². The van der Waals surface area contributed by atoms with E-state index in [1.165, 1.54) is 57.9 Å². The zero-order chi connectivity index (χ0) is 13.0. The Hall–Kier alpha value is -0.0400. The molecule has 2 saturated carbocycles. The lowest BCUT2D eigenvalue weighted by atomic mass is 9.78.